The van der Waals surface area contributed by atoms with Gasteiger partial charge in [0.15, 0.2) is 5.69 Å². The van der Waals surface area contributed by atoms with Crippen molar-refractivity contribution in [2.24, 2.45) is 0 Å². The van der Waals surface area contributed by atoms with Crippen LogP contribution in [0.2, 0.25) is 0 Å². The summed E-state index contributed by atoms with van der Waals surface area (Å²) in [5.74, 6) is -0.498. The van der Waals surface area contributed by atoms with Crippen molar-refractivity contribution in [2.75, 3.05) is 7.11 Å². The van der Waals surface area contributed by atoms with Crippen LogP contribution in [0.25, 0.3) is 5.69 Å². The molecule has 6 heteroatoms. The molecular formula is C13H10BrN3O2. The average Bonchev–Trinajstić information content (AvgIpc) is 2.75. The molecule has 0 aliphatic carbocycles. The number of carbonyl (C=O) groups excluding carboxylic acids is 1. The monoisotopic (exact) mass is 319 g/mol. The van der Waals surface area contributed by atoms with Gasteiger partial charge >= 0.3 is 5.97 Å². The Labute approximate surface area is 118 Å². The number of esters is 1. The van der Waals surface area contributed by atoms with Gasteiger partial charge in [0.25, 0.3) is 0 Å². The Bertz CT molecular complexity index is 668. The molecule has 0 bridgehead atoms. The molecule has 0 unspecified atom stereocenters. The molecule has 19 heavy (non-hydrogen) atoms. The van der Waals surface area contributed by atoms with E-state index >= 15 is 0 Å². The van der Waals surface area contributed by atoms with Gasteiger partial charge in [-0.25, -0.2) is 9.48 Å². The van der Waals surface area contributed by atoms with Crippen LogP contribution in [0.4, 0.5) is 0 Å². The number of hydrogen-bond donors (Lipinski definition) is 0. The van der Waals surface area contributed by atoms with Crippen LogP contribution in [-0.4, -0.2) is 22.9 Å². The molecule has 1 aromatic heterocycles. The van der Waals surface area contributed by atoms with E-state index in [1.54, 1.807) is 28.9 Å². The van der Waals surface area contributed by atoms with E-state index in [1.807, 2.05) is 6.92 Å². The van der Waals surface area contributed by atoms with Crippen molar-refractivity contribution in [1.29, 1.82) is 5.26 Å². The van der Waals surface area contributed by atoms with Gasteiger partial charge in [-0.05, 0) is 47.1 Å². The Morgan fingerprint density at radius 3 is 2.58 bits per heavy atom. The number of benzene rings is 1. The zero-order valence-electron chi connectivity index (χ0n) is 10.3. The summed E-state index contributed by atoms with van der Waals surface area (Å²) in [7, 11) is 1.31. The van der Waals surface area contributed by atoms with Crippen LogP contribution in [0, 0.1) is 18.3 Å². The van der Waals surface area contributed by atoms with Gasteiger partial charge in [-0.2, -0.15) is 10.4 Å². The molecule has 2 aromatic rings. The molecule has 1 heterocycles. The lowest BCUT2D eigenvalue weighted by Crippen LogP contribution is -2.04. The second-order valence-electron chi connectivity index (χ2n) is 3.81. The molecule has 0 aliphatic rings. The Hall–Kier alpha value is -2.13. The molecule has 96 valence electrons. The molecule has 0 spiro atoms. The molecule has 0 aliphatic heterocycles. The molecule has 0 fully saturated rings. The van der Waals surface area contributed by atoms with Crippen molar-refractivity contribution in [3.05, 3.63) is 45.7 Å². The molecule has 5 nitrogen and oxygen atoms in total. The van der Waals surface area contributed by atoms with Gasteiger partial charge < -0.3 is 4.74 Å². The van der Waals surface area contributed by atoms with E-state index in [0.29, 0.717) is 10.0 Å². The van der Waals surface area contributed by atoms with E-state index in [-0.39, 0.29) is 5.69 Å². The highest BCUT2D eigenvalue weighted by atomic mass is 79.9. The maximum absolute atomic E-state index is 11.6. The third-order valence-corrected chi connectivity index (χ3v) is 3.61. The molecule has 0 N–H and O–H groups in total. The lowest BCUT2D eigenvalue weighted by atomic mass is 10.2. The zero-order chi connectivity index (χ0) is 14.0. The lowest BCUT2D eigenvalue weighted by molar-refractivity contribution is 0.0592. The van der Waals surface area contributed by atoms with E-state index < -0.39 is 5.97 Å². The minimum Gasteiger partial charge on any atom is -0.464 e. The first-order valence-corrected chi connectivity index (χ1v) is 6.21. The fourth-order valence-electron chi connectivity index (χ4n) is 1.64. The van der Waals surface area contributed by atoms with E-state index in [1.165, 1.54) is 7.11 Å². The average molecular weight is 320 g/mol. The molecule has 0 atom stereocenters. The number of ether oxygens (including phenoxy) is 1. The molecule has 0 saturated heterocycles. The molecule has 0 amide bonds. The fourth-order valence-corrected chi connectivity index (χ4v) is 2.05. The Morgan fingerprint density at radius 1 is 1.42 bits per heavy atom. The maximum Gasteiger partial charge on any atom is 0.359 e. The van der Waals surface area contributed by atoms with E-state index in [2.05, 4.69) is 31.8 Å². The summed E-state index contributed by atoms with van der Waals surface area (Å²) in [6.45, 7) is 1.84. The number of carbonyl (C=O) groups is 1. The third kappa shape index (κ3) is 2.37. The van der Waals surface area contributed by atoms with Gasteiger partial charge in [-0.1, -0.05) is 0 Å². The van der Waals surface area contributed by atoms with Crippen LogP contribution in [0.5, 0.6) is 0 Å². The standard InChI is InChI=1S/C13H10BrN3O2/c1-8-11(14)12(13(18)19-2)16-17(8)10-5-3-9(7-15)4-6-10/h3-6H,1-2H3. The lowest BCUT2D eigenvalue weighted by Gasteiger charge is -2.03. The second kappa shape index (κ2) is 5.24. The molecule has 2 rings (SSSR count). The topological polar surface area (TPSA) is 67.9 Å². The predicted octanol–water partition coefficient (Wildman–Crippen LogP) is 2.60. The van der Waals surface area contributed by atoms with Crippen molar-refractivity contribution in [3.63, 3.8) is 0 Å². The fraction of sp³-hybridized carbons (Fsp3) is 0.154. The van der Waals surface area contributed by atoms with Crippen LogP contribution in [0.15, 0.2) is 28.7 Å². The van der Waals surface area contributed by atoms with Gasteiger partial charge in [0.05, 0.1) is 34.6 Å². The summed E-state index contributed by atoms with van der Waals surface area (Å²) >= 11 is 3.33. The van der Waals surface area contributed by atoms with Gasteiger partial charge in [-0.3, -0.25) is 0 Å². The van der Waals surface area contributed by atoms with Crippen molar-refractivity contribution in [2.45, 2.75) is 6.92 Å². The van der Waals surface area contributed by atoms with E-state index in [0.717, 1.165) is 11.4 Å². The Morgan fingerprint density at radius 2 is 2.05 bits per heavy atom. The normalized spacial score (nSPS) is 10.0. The highest BCUT2D eigenvalue weighted by Crippen LogP contribution is 2.24. The molecule has 0 radical (unpaired) electrons. The largest absolute Gasteiger partial charge is 0.464 e. The number of nitriles is 1. The van der Waals surface area contributed by atoms with E-state index in [9.17, 15) is 4.79 Å². The van der Waals surface area contributed by atoms with Gasteiger partial charge in [0.2, 0.25) is 0 Å². The van der Waals surface area contributed by atoms with Crippen molar-refractivity contribution in [3.8, 4) is 11.8 Å². The van der Waals surface area contributed by atoms with Crippen LogP contribution in [0.3, 0.4) is 0 Å². The number of hydrogen-bond acceptors (Lipinski definition) is 4. The highest BCUT2D eigenvalue weighted by molar-refractivity contribution is 9.10. The van der Waals surface area contributed by atoms with Gasteiger partial charge in [-0.15, -0.1) is 0 Å². The third-order valence-electron chi connectivity index (χ3n) is 2.66. The summed E-state index contributed by atoms with van der Waals surface area (Å²) in [5.41, 5.74) is 2.35. The van der Waals surface area contributed by atoms with Crippen molar-refractivity contribution < 1.29 is 9.53 Å². The number of aromatic nitrogens is 2. The first kappa shape index (κ1) is 13.3. The van der Waals surface area contributed by atoms with Gasteiger partial charge in [0, 0.05) is 0 Å². The number of halogens is 1. The Kier molecular flexibility index (Phi) is 3.67. The number of rotatable bonds is 2. The number of methoxy groups -OCH3 is 1. The van der Waals surface area contributed by atoms with E-state index in [4.69, 9.17) is 5.26 Å². The summed E-state index contributed by atoms with van der Waals surface area (Å²) in [5, 5.41) is 13.0. The summed E-state index contributed by atoms with van der Waals surface area (Å²) in [6, 6.07) is 8.98. The first-order chi connectivity index (χ1) is 9.08. The van der Waals surface area contributed by atoms with Crippen LogP contribution < -0.4 is 0 Å². The quantitative estimate of drug-likeness (QED) is 0.798. The SMILES string of the molecule is COC(=O)c1nn(-c2ccc(C#N)cc2)c(C)c1Br. The zero-order valence-corrected chi connectivity index (χ0v) is 11.9. The minimum atomic E-state index is -0.498. The first-order valence-electron chi connectivity index (χ1n) is 5.42. The Balaban J connectivity index is 2.51. The number of nitrogens with zero attached hydrogens (tertiary/aromatic N) is 3. The van der Waals surface area contributed by atoms with Crippen molar-refractivity contribution in [1.82, 2.24) is 9.78 Å². The second-order valence-corrected chi connectivity index (χ2v) is 4.60. The minimum absolute atomic E-state index is 0.226. The summed E-state index contributed by atoms with van der Waals surface area (Å²) in [6.07, 6.45) is 0. The molecular weight excluding hydrogens is 310 g/mol. The predicted molar refractivity (Wildman–Crippen MR) is 72.1 cm³/mol. The smallest absolute Gasteiger partial charge is 0.359 e. The van der Waals surface area contributed by atoms with Crippen LogP contribution in [0.1, 0.15) is 21.7 Å². The van der Waals surface area contributed by atoms with Crippen LogP contribution >= 0.6 is 15.9 Å². The highest BCUT2D eigenvalue weighted by Gasteiger charge is 2.20. The van der Waals surface area contributed by atoms with Crippen LogP contribution in [-0.2, 0) is 4.74 Å². The van der Waals surface area contributed by atoms with Crippen molar-refractivity contribution >= 4 is 21.9 Å². The van der Waals surface area contributed by atoms with Gasteiger partial charge in [0.1, 0.15) is 0 Å². The maximum atomic E-state index is 11.6. The molecule has 1 aromatic carbocycles. The molecule has 0 saturated carbocycles. The summed E-state index contributed by atoms with van der Waals surface area (Å²) in [4.78, 5) is 11.6. The summed E-state index contributed by atoms with van der Waals surface area (Å²) < 4.78 is 6.89.